The minimum atomic E-state index is -0.515. The first-order valence-corrected chi connectivity index (χ1v) is 5.44. The quantitative estimate of drug-likeness (QED) is 0.463. The number of benzene rings is 1. The van der Waals surface area contributed by atoms with Crippen LogP contribution in [0.1, 0.15) is 5.56 Å². The number of hydrogen-bond acceptors (Lipinski definition) is 2. The molecule has 0 aromatic heterocycles. The molecule has 0 saturated heterocycles. The summed E-state index contributed by atoms with van der Waals surface area (Å²) in [7, 11) is 0. The minimum Gasteiger partial charge on any atom is -0.258 e. The molecule has 14 heavy (non-hydrogen) atoms. The Kier molecular flexibility index (Phi) is 4.10. The van der Waals surface area contributed by atoms with Crippen LogP contribution < -0.4 is 0 Å². The third kappa shape index (κ3) is 2.80. The van der Waals surface area contributed by atoms with E-state index in [1.54, 1.807) is 24.3 Å². The summed E-state index contributed by atoms with van der Waals surface area (Å²) >= 11 is 11.7. The smallest absolute Gasteiger partial charge is 0.258 e. The molecular weight excluding hydrogens is 337 g/mol. The lowest BCUT2D eigenvalue weighted by atomic mass is 10.2. The monoisotopic (exact) mass is 339 g/mol. The summed E-state index contributed by atoms with van der Waals surface area (Å²) in [6.07, 6.45) is 0. The van der Waals surface area contributed by atoms with Crippen LogP contribution in [0.25, 0.3) is 4.48 Å². The average molecular weight is 341 g/mol. The van der Waals surface area contributed by atoms with Crippen molar-refractivity contribution < 1.29 is 4.92 Å². The molecule has 0 aliphatic heterocycles. The van der Waals surface area contributed by atoms with Crippen LogP contribution in [0.4, 0.5) is 0 Å². The Morgan fingerprint density at radius 3 is 2.21 bits per heavy atom. The van der Waals surface area contributed by atoms with E-state index in [1.807, 2.05) is 0 Å². The van der Waals surface area contributed by atoms with E-state index in [2.05, 4.69) is 31.9 Å². The van der Waals surface area contributed by atoms with Crippen LogP contribution in [-0.2, 0) is 0 Å². The largest absolute Gasteiger partial charge is 0.325 e. The lowest BCUT2D eigenvalue weighted by Crippen LogP contribution is -1.92. The van der Waals surface area contributed by atoms with Crippen molar-refractivity contribution in [2.45, 2.75) is 0 Å². The SMILES string of the molecule is O=[N+]([O-])/C(Br)=C(\Br)c1ccc(Cl)cc1. The van der Waals surface area contributed by atoms with Gasteiger partial charge in [-0.3, -0.25) is 10.1 Å². The molecule has 1 aromatic rings. The summed E-state index contributed by atoms with van der Waals surface area (Å²) in [5, 5.41) is 11.0. The number of nitro groups is 1. The van der Waals surface area contributed by atoms with E-state index >= 15 is 0 Å². The third-order valence-corrected chi connectivity index (χ3v) is 3.74. The molecule has 0 aliphatic carbocycles. The molecule has 0 saturated carbocycles. The van der Waals surface area contributed by atoms with Crippen molar-refractivity contribution in [1.29, 1.82) is 0 Å². The second-order valence-corrected chi connectivity index (χ2v) is 4.35. The van der Waals surface area contributed by atoms with Crippen LogP contribution in [-0.4, -0.2) is 4.92 Å². The Labute approximate surface area is 102 Å². The molecule has 0 fully saturated rings. The van der Waals surface area contributed by atoms with Gasteiger partial charge in [-0.25, -0.2) is 0 Å². The number of hydrogen-bond donors (Lipinski definition) is 0. The first kappa shape index (κ1) is 11.7. The average Bonchev–Trinajstić information content (AvgIpc) is 2.16. The summed E-state index contributed by atoms with van der Waals surface area (Å²) in [6.45, 7) is 0. The Bertz CT molecular complexity index is 389. The van der Waals surface area contributed by atoms with E-state index in [9.17, 15) is 10.1 Å². The van der Waals surface area contributed by atoms with Crippen molar-refractivity contribution in [3.63, 3.8) is 0 Å². The molecule has 0 bridgehead atoms. The van der Waals surface area contributed by atoms with E-state index in [-0.39, 0.29) is 4.61 Å². The maximum absolute atomic E-state index is 10.4. The van der Waals surface area contributed by atoms with E-state index in [1.165, 1.54) is 0 Å². The fraction of sp³-hybridized carbons (Fsp3) is 0. The normalized spacial score (nSPS) is 12.2. The van der Waals surface area contributed by atoms with Crippen LogP contribution in [0.5, 0.6) is 0 Å². The number of rotatable bonds is 2. The molecule has 0 spiro atoms. The molecule has 0 heterocycles. The topological polar surface area (TPSA) is 43.1 Å². The third-order valence-electron chi connectivity index (χ3n) is 1.44. The summed E-state index contributed by atoms with van der Waals surface area (Å²) in [6, 6.07) is 6.71. The van der Waals surface area contributed by atoms with Gasteiger partial charge in [0.25, 0.3) is 0 Å². The summed E-state index contributed by atoms with van der Waals surface area (Å²) in [5.41, 5.74) is 0.693. The number of halogens is 3. The molecule has 1 rings (SSSR count). The minimum absolute atomic E-state index is 0.111. The van der Waals surface area contributed by atoms with Gasteiger partial charge >= 0.3 is 4.61 Å². The van der Waals surface area contributed by atoms with Crippen LogP contribution in [0.2, 0.25) is 5.02 Å². The fourth-order valence-electron chi connectivity index (χ4n) is 0.795. The molecule has 6 heteroatoms. The van der Waals surface area contributed by atoms with Crippen molar-refractivity contribution in [3.05, 3.63) is 49.6 Å². The highest BCUT2D eigenvalue weighted by molar-refractivity contribution is 9.16. The Balaban J connectivity index is 3.12. The first-order valence-electron chi connectivity index (χ1n) is 3.48. The molecular formula is C8H4Br2ClNO2. The zero-order chi connectivity index (χ0) is 10.7. The number of nitrogens with zero attached hydrogens (tertiary/aromatic N) is 1. The molecule has 0 amide bonds. The van der Waals surface area contributed by atoms with Crippen molar-refractivity contribution in [2.75, 3.05) is 0 Å². The maximum Gasteiger partial charge on any atom is 0.325 e. The van der Waals surface area contributed by atoms with Gasteiger partial charge in [-0.05, 0) is 33.6 Å². The predicted molar refractivity (Wildman–Crippen MR) is 63.2 cm³/mol. The van der Waals surface area contributed by atoms with Gasteiger partial charge < -0.3 is 0 Å². The van der Waals surface area contributed by atoms with E-state index in [0.717, 1.165) is 0 Å². The van der Waals surface area contributed by atoms with Gasteiger partial charge in [-0.1, -0.05) is 23.7 Å². The van der Waals surface area contributed by atoms with Gasteiger partial charge in [0, 0.05) is 21.0 Å². The predicted octanol–water partition coefficient (Wildman–Crippen LogP) is 4.03. The Hall–Kier alpha value is -0.390. The molecule has 3 nitrogen and oxygen atoms in total. The van der Waals surface area contributed by atoms with Gasteiger partial charge in [0.15, 0.2) is 0 Å². The second-order valence-electron chi connectivity index (χ2n) is 2.37. The van der Waals surface area contributed by atoms with Gasteiger partial charge in [0.2, 0.25) is 0 Å². The van der Waals surface area contributed by atoms with Crippen LogP contribution in [0.15, 0.2) is 28.9 Å². The molecule has 0 atom stereocenters. The fourth-order valence-corrected chi connectivity index (χ4v) is 1.56. The van der Waals surface area contributed by atoms with Gasteiger partial charge in [-0.2, -0.15) is 0 Å². The molecule has 0 unspecified atom stereocenters. The lowest BCUT2D eigenvalue weighted by molar-refractivity contribution is -0.407. The van der Waals surface area contributed by atoms with Gasteiger partial charge in [-0.15, -0.1) is 0 Å². The lowest BCUT2D eigenvalue weighted by Gasteiger charge is -1.98. The summed E-state index contributed by atoms with van der Waals surface area (Å²) in [4.78, 5) is 9.91. The first-order chi connectivity index (χ1) is 6.52. The summed E-state index contributed by atoms with van der Waals surface area (Å²) in [5.74, 6) is 0. The highest BCUT2D eigenvalue weighted by Crippen LogP contribution is 2.29. The van der Waals surface area contributed by atoms with Crippen molar-refractivity contribution >= 4 is 47.9 Å². The van der Waals surface area contributed by atoms with Gasteiger partial charge in [0.1, 0.15) is 4.48 Å². The van der Waals surface area contributed by atoms with Crippen molar-refractivity contribution in [1.82, 2.24) is 0 Å². The van der Waals surface area contributed by atoms with E-state index in [0.29, 0.717) is 15.1 Å². The van der Waals surface area contributed by atoms with Crippen LogP contribution >= 0.6 is 43.5 Å². The molecule has 0 aliphatic rings. The van der Waals surface area contributed by atoms with Crippen molar-refractivity contribution in [3.8, 4) is 0 Å². The molecule has 0 N–H and O–H groups in total. The Morgan fingerprint density at radius 1 is 1.29 bits per heavy atom. The van der Waals surface area contributed by atoms with Crippen molar-refractivity contribution in [2.24, 2.45) is 0 Å². The second kappa shape index (κ2) is 4.91. The molecule has 74 valence electrons. The highest BCUT2D eigenvalue weighted by Gasteiger charge is 2.13. The summed E-state index contributed by atoms with van der Waals surface area (Å²) < 4.78 is 0.277. The van der Waals surface area contributed by atoms with E-state index in [4.69, 9.17) is 11.6 Å². The highest BCUT2D eigenvalue weighted by atomic mass is 79.9. The van der Waals surface area contributed by atoms with Gasteiger partial charge in [0.05, 0.1) is 4.92 Å². The van der Waals surface area contributed by atoms with Crippen LogP contribution in [0.3, 0.4) is 0 Å². The van der Waals surface area contributed by atoms with Crippen LogP contribution in [0, 0.1) is 10.1 Å². The Morgan fingerprint density at radius 2 is 1.79 bits per heavy atom. The zero-order valence-corrected chi connectivity index (χ0v) is 10.6. The zero-order valence-electron chi connectivity index (χ0n) is 6.71. The molecule has 0 radical (unpaired) electrons. The molecule has 1 aromatic carbocycles. The van der Waals surface area contributed by atoms with E-state index < -0.39 is 4.92 Å². The maximum atomic E-state index is 10.4. The standard InChI is InChI=1S/C8H4Br2ClNO2/c9-7(8(10)12(13)14)5-1-3-6(11)4-2-5/h1-4H/b8-7-.